The number of amides is 2. The Morgan fingerprint density at radius 2 is 1.77 bits per heavy atom. The molecular weight excluding hydrogens is 420 g/mol. The number of sulfone groups is 1. The first-order valence-electron chi connectivity index (χ1n) is 10.5. The topological polar surface area (TPSA) is 141 Å². The molecule has 0 spiro atoms. The van der Waals surface area contributed by atoms with Gasteiger partial charge in [0.2, 0.25) is 17.6 Å². The monoisotopic (exact) mass is 446 g/mol. The molecular formula is C20H26N6O4S. The Kier molecular flexibility index (Phi) is 6.03. The maximum Gasteiger partial charge on any atom is 0.248 e. The molecule has 1 saturated carbocycles. The third-order valence-corrected chi connectivity index (χ3v) is 7.77. The first-order valence-corrected chi connectivity index (χ1v) is 12.3. The highest BCUT2D eigenvalue weighted by Crippen LogP contribution is 2.28. The van der Waals surface area contributed by atoms with Gasteiger partial charge in [0, 0.05) is 23.2 Å². The molecule has 2 aliphatic rings. The normalized spacial score (nSPS) is 21.1. The Hall–Kier alpha value is -2.82. The summed E-state index contributed by atoms with van der Waals surface area (Å²) in [6.45, 7) is -0.0978. The van der Waals surface area contributed by atoms with Gasteiger partial charge in [-0.15, -0.1) is 10.2 Å². The molecule has 1 aliphatic heterocycles. The van der Waals surface area contributed by atoms with Crippen LogP contribution in [-0.2, 0) is 21.2 Å². The number of aromatic nitrogens is 4. The van der Waals surface area contributed by atoms with Crippen molar-refractivity contribution in [2.75, 3.05) is 11.5 Å². The number of rotatable bonds is 6. The van der Waals surface area contributed by atoms with Gasteiger partial charge in [0.05, 0.1) is 11.5 Å². The molecule has 1 atom stereocenters. The molecule has 2 fully saturated rings. The molecule has 31 heavy (non-hydrogen) atoms. The van der Waals surface area contributed by atoms with Crippen LogP contribution in [0.25, 0.3) is 11.4 Å². The summed E-state index contributed by atoms with van der Waals surface area (Å²) in [6, 6.07) is 6.26. The molecule has 10 nitrogen and oxygen atoms in total. The van der Waals surface area contributed by atoms with Crippen molar-refractivity contribution >= 4 is 21.7 Å². The van der Waals surface area contributed by atoms with Crippen molar-refractivity contribution in [2.24, 2.45) is 5.73 Å². The lowest BCUT2D eigenvalue weighted by atomic mass is 9.93. The highest BCUT2D eigenvalue weighted by molar-refractivity contribution is 7.91. The van der Waals surface area contributed by atoms with Crippen LogP contribution in [0, 0.1) is 0 Å². The number of nitrogens with zero attached hydrogens (tertiary/aromatic N) is 5. The van der Waals surface area contributed by atoms with E-state index in [2.05, 4.69) is 15.4 Å². The zero-order chi connectivity index (χ0) is 22.0. The van der Waals surface area contributed by atoms with Crippen LogP contribution in [-0.4, -0.2) is 68.9 Å². The third-order valence-electron chi connectivity index (χ3n) is 6.02. The summed E-state index contributed by atoms with van der Waals surface area (Å²) in [5, 5.41) is 12.3. The van der Waals surface area contributed by atoms with Gasteiger partial charge in [-0.1, -0.05) is 31.4 Å². The maximum atomic E-state index is 13.2. The zero-order valence-electron chi connectivity index (χ0n) is 17.2. The molecule has 0 radical (unpaired) electrons. The first kappa shape index (κ1) is 21.4. The molecule has 0 bridgehead atoms. The van der Waals surface area contributed by atoms with Crippen LogP contribution >= 0.6 is 0 Å². The van der Waals surface area contributed by atoms with E-state index in [-0.39, 0.29) is 36.0 Å². The SMILES string of the molecule is NC(=O)c1ccc(-c2nnn(CC(=O)N(C3CCCCC3)[C@@H]3CCS(=O)(=O)C3)n2)cc1. The van der Waals surface area contributed by atoms with Gasteiger partial charge in [-0.25, -0.2) is 8.42 Å². The molecule has 1 saturated heterocycles. The third kappa shape index (κ3) is 4.92. The lowest BCUT2D eigenvalue weighted by Gasteiger charge is -2.38. The Bertz CT molecular complexity index is 1060. The average Bonchev–Trinajstić information content (AvgIpc) is 3.35. The van der Waals surface area contributed by atoms with Gasteiger partial charge in [0.25, 0.3) is 0 Å². The quantitative estimate of drug-likeness (QED) is 0.691. The summed E-state index contributed by atoms with van der Waals surface area (Å²) in [5.41, 5.74) is 6.28. The van der Waals surface area contributed by atoms with Crippen molar-refractivity contribution in [1.29, 1.82) is 0 Å². The van der Waals surface area contributed by atoms with Gasteiger partial charge in [-0.2, -0.15) is 4.80 Å². The standard InChI is InChI=1S/C20H26N6O4S/c21-19(28)14-6-8-15(9-7-14)20-22-24-25(23-20)12-18(27)26(16-4-2-1-3-5-16)17-10-11-31(29,30)13-17/h6-9,16-17H,1-5,10-13H2,(H2,21,28)/t17-/m1/s1. The van der Waals surface area contributed by atoms with Gasteiger partial charge in [0.15, 0.2) is 9.84 Å². The Balaban J connectivity index is 1.50. The van der Waals surface area contributed by atoms with E-state index in [0.717, 1.165) is 32.1 Å². The Morgan fingerprint density at radius 3 is 2.39 bits per heavy atom. The van der Waals surface area contributed by atoms with Crippen molar-refractivity contribution in [1.82, 2.24) is 25.1 Å². The predicted molar refractivity (Wildman–Crippen MR) is 113 cm³/mol. The van der Waals surface area contributed by atoms with Crippen molar-refractivity contribution in [3.05, 3.63) is 29.8 Å². The smallest absolute Gasteiger partial charge is 0.248 e. The second-order valence-electron chi connectivity index (χ2n) is 8.23. The second kappa shape index (κ2) is 8.74. The van der Waals surface area contributed by atoms with Crippen molar-refractivity contribution in [3.63, 3.8) is 0 Å². The summed E-state index contributed by atoms with van der Waals surface area (Å²) in [6.07, 6.45) is 5.49. The van der Waals surface area contributed by atoms with Crippen molar-refractivity contribution in [3.8, 4) is 11.4 Å². The van der Waals surface area contributed by atoms with Crippen molar-refractivity contribution in [2.45, 2.75) is 57.2 Å². The van der Waals surface area contributed by atoms with Gasteiger partial charge >= 0.3 is 0 Å². The minimum absolute atomic E-state index is 0.0253. The fourth-order valence-corrected chi connectivity index (χ4v) is 6.18. The van der Waals surface area contributed by atoms with Crippen LogP contribution in [0.3, 0.4) is 0 Å². The minimum Gasteiger partial charge on any atom is -0.366 e. The summed E-state index contributed by atoms with van der Waals surface area (Å²) < 4.78 is 24.1. The highest BCUT2D eigenvalue weighted by atomic mass is 32.2. The van der Waals surface area contributed by atoms with Crippen LogP contribution in [0.4, 0.5) is 0 Å². The van der Waals surface area contributed by atoms with Crippen LogP contribution in [0.5, 0.6) is 0 Å². The molecule has 11 heteroatoms. The number of hydrogen-bond donors (Lipinski definition) is 1. The number of carbonyl (C=O) groups is 2. The summed E-state index contributed by atoms with van der Waals surface area (Å²) >= 11 is 0. The van der Waals surface area contributed by atoms with Gasteiger partial charge < -0.3 is 10.6 Å². The highest BCUT2D eigenvalue weighted by Gasteiger charge is 2.38. The van der Waals surface area contributed by atoms with Gasteiger partial charge in [-0.3, -0.25) is 9.59 Å². The number of carbonyl (C=O) groups excluding carboxylic acids is 2. The summed E-state index contributed by atoms with van der Waals surface area (Å²) in [7, 11) is -3.10. The van der Waals surface area contributed by atoms with E-state index in [1.807, 2.05) is 0 Å². The second-order valence-corrected chi connectivity index (χ2v) is 10.5. The number of primary amides is 1. The summed E-state index contributed by atoms with van der Waals surface area (Å²) in [5.74, 6) is -0.220. The molecule has 2 N–H and O–H groups in total. The van der Waals surface area contributed by atoms with Crippen LogP contribution < -0.4 is 5.73 Å². The number of benzene rings is 1. The number of tetrazole rings is 1. The fourth-order valence-electron chi connectivity index (χ4n) is 4.47. The average molecular weight is 447 g/mol. The van der Waals surface area contributed by atoms with E-state index in [0.29, 0.717) is 23.4 Å². The number of hydrogen-bond acceptors (Lipinski definition) is 7. The molecule has 1 aromatic carbocycles. The van der Waals surface area contributed by atoms with E-state index in [4.69, 9.17) is 5.73 Å². The van der Waals surface area contributed by atoms with Gasteiger partial charge in [0.1, 0.15) is 6.54 Å². The van der Waals surface area contributed by atoms with E-state index in [1.165, 1.54) is 4.80 Å². The van der Waals surface area contributed by atoms with Crippen LogP contribution in [0.2, 0.25) is 0 Å². The summed E-state index contributed by atoms with van der Waals surface area (Å²) in [4.78, 5) is 27.5. The fraction of sp³-hybridized carbons (Fsp3) is 0.550. The maximum absolute atomic E-state index is 13.2. The minimum atomic E-state index is -3.10. The molecule has 1 aliphatic carbocycles. The molecule has 0 unspecified atom stereocenters. The predicted octanol–water partition coefficient (Wildman–Crippen LogP) is 0.787. The van der Waals surface area contributed by atoms with E-state index >= 15 is 0 Å². The van der Waals surface area contributed by atoms with E-state index in [9.17, 15) is 18.0 Å². The Labute approximate surface area is 180 Å². The molecule has 4 rings (SSSR count). The lowest BCUT2D eigenvalue weighted by Crippen LogP contribution is -2.50. The van der Waals surface area contributed by atoms with Crippen LogP contribution in [0.1, 0.15) is 48.9 Å². The molecule has 2 aromatic rings. The van der Waals surface area contributed by atoms with Crippen molar-refractivity contribution < 1.29 is 18.0 Å². The first-order chi connectivity index (χ1) is 14.8. The van der Waals surface area contributed by atoms with E-state index < -0.39 is 15.7 Å². The van der Waals surface area contributed by atoms with Gasteiger partial charge in [-0.05, 0) is 36.6 Å². The Morgan fingerprint density at radius 1 is 1.06 bits per heavy atom. The molecule has 2 heterocycles. The molecule has 1 aromatic heterocycles. The largest absolute Gasteiger partial charge is 0.366 e. The molecule has 166 valence electrons. The lowest BCUT2D eigenvalue weighted by molar-refractivity contribution is -0.137. The van der Waals surface area contributed by atoms with Crippen LogP contribution in [0.15, 0.2) is 24.3 Å². The zero-order valence-corrected chi connectivity index (χ0v) is 18.0. The number of nitrogens with two attached hydrogens (primary N) is 1. The molecule has 2 amide bonds. The van der Waals surface area contributed by atoms with E-state index in [1.54, 1.807) is 29.2 Å².